The fourth-order valence-electron chi connectivity index (χ4n) is 5.64. The molecule has 4 saturated carbocycles. The minimum Gasteiger partial charge on any atom is -0.467 e. The summed E-state index contributed by atoms with van der Waals surface area (Å²) in [5.41, 5.74) is -0.242. The molecule has 0 saturated heterocycles. The number of amides is 1. The number of carbonyl (C=O) groups excluding carboxylic acids is 2. The zero-order chi connectivity index (χ0) is 17.2. The smallest absolute Gasteiger partial charge is 0.328 e. The molecule has 4 fully saturated rings. The quantitative estimate of drug-likeness (QED) is 0.574. The highest BCUT2D eigenvalue weighted by molar-refractivity contribution is 5.88. The fraction of sp³-hybridized carbons (Fsp3) is 0.842. The molecular weight excluding hydrogens is 304 g/mol. The summed E-state index contributed by atoms with van der Waals surface area (Å²) in [4.78, 5) is 25.1. The van der Waals surface area contributed by atoms with Gasteiger partial charge >= 0.3 is 5.97 Å². The zero-order valence-corrected chi connectivity index (χ0v) is 14.6. The van der Waals surface area contributed by atoms with E-state index in [4.69, 9.17) is 10.00 Å². The highest BCUT2D eigenvalue weighted by atomic mass is 16.5. The molecule has 5 heteroatoms. The Balaban J connectivity index is 1.62. The van der Waals surface area contributed by atoms with Crippen LogP contribution in [0, 0.1) is 34.5 Å². The first-order valence-electron chi connectivity index (χ1n) is 9.32. The topological polar surface area (TPSA) is 79.2 Å². The van der Waals surface area contributed by atoms with E-state index in [9.17, 15) is 9.59 Å². The Hall–Kier alpha value is -1.57. The van der Waals surface area contributed by atoms with Gasteiger partial charge in [-0.05, 0) is 75.5 Å². The molecule has 1 amide bonds. The average Bonchev–Trinajstić information content (AvgIpc) is 2.55. The molecule has 4 bridgehead atoms. The van der Waals surface area contributed by atoms with Crippen LogP contribution >= 0.6 is 0 Å². The summed E-state index contributed by atoms with van der Waals surface area (Å²) in [5.74, 6) is 1.81. The Morgan fingerprint density at radius 3 is 2.25 bits per heavy atom. The van der Waals surface area contributed by atoms with Crippen molar-refractivity contribution in [2.75, 3.05) is 7.11 Å². The summed E-state index contributed by atoms with van der Waals surface area (Å²) in [6, 6.07) is 1.54. The van der Waals surface area contributed by atoms with Gasteiger partial charge in [-0.1, -0.05) is 0 Å². The number of nitrogens with zero attached hydrogens (tertiary/aromatic N) is 1. The van der Waals surface area contributed by atoms with E-state index in [1.807, 2.05) is 0 Å². The number of nitrogens with one attached hydrogen (secondary N) is 1. The van der Waals surface area contributed by atoms with Gasteiger partial charge in [-0.25, -0.2) is 4.79 Å². The predicted molar refractivity (Wildman–Crippen MR) is 88.6 cm³/mol. The van der Waals surface area contributed by atoms with Crippen LogP contribution in [0.15, 0.2) is 0 Å². The average molecular weight is 332 g/mol. The monoisotopic (exact) mass is 332 g/mol. The maximum Gasteiger partial charge on any atom is 0.328 e. The van der Waals surface area contributed by atoms with Crippen molar-refractivity contribution in [2.24, 2.45) is 23.2 Å². The summed E-state index contributed by atoms with van der Waals surface area (Å²) in [7, 11) is 1.36. The number of esters is 1. The Morgan fingerprint density at radius 2 is 1.75 bits per heavy atom. The highest BCUT2D eigenvalue weighted by Crippen LogP contribution is 2.60. The summed E-state index contributed by atoms with van der Waals surface area (Å²) in [6.07, 6.45) is 9.38. The molecule has 0 aromatic carbocycles. The minimum atomic E-state index is -0.575. The van der Waals surface area contributed by atoms with Crippen molar-refractivity contribution in [2.45, 2.75) is 70.3 Å². The van der Waals surface area contributed by atoms with Crippen molar-refractivity contribution in [3.05, 3.63) is 0 Å². The molecule has 0 aromatic heterocycles. The van der Waals surface area contributed by atoms with Gasteiger partial charge in [-0.3, -0.25) is 4.79 Å². The third-order valence-corrected chi connectivity index (χ3v) is 6.34. The first kappa shape index (κ1) is 17.3. The molecule has 0 unspecified atom stereocenters. The first-order valence-corrected chi connectivity index (χ1v) is 9.32. The van der Waals surface area contributed by atoms with Crippen LogP contribution in [0.4, 0.5) is 0 Å². The number of carbonyl (C=O) groups is 2. The van der Waals surface area contributed by atoms with Crippen molar-refractivity contribution < 1.29 is 14.3 Å². The Bertz CT molecular complexity index is 502. The molecule has 0 aliphatic heterocycles. The standard InChI is InChI=1S/C19H28N2O3/c1-24-17(22)16(5-3-2-4-6-20)21-18(23)19-10-13-7-14(11-19)9-15(8-13)12-19/h13-16H,2-5,7-12H2,1H3,(H,21,23)/t13?,14?,15?,16-,19?/m1/s1. The molecule has 0 aromatic rings. The summed E-state index contributed by atoms with van der Waals surface area (Å²) < 4.78 is 4.87. The Labute approximate surface area is 144 Å². The number of nitriles is 1. The largest absolute Gasteiger partial charge is 0.467 e. The zero-order valence-electron chi connectivity index (χ0n) is 14.6. The Kier molecular flexibility index (Phi) is 5.12. The van der Waals surface area contributed by atoms with Gasteiger partial charge in [-0.15, -0.1) is 0 Å². The van der Waals surface area contributed by atoms with Crippen LogP contribution in [0.2, 0.25) is 0 Å². The second kappa shape index (κ2) is 7.13. The number of hydrogen-bond acceptors (Lipinski definition) is 4. The minimum absolute atomic E-state index is 0.0669. The molecule has 4 rings (SSSR count). The molecule has 0 radical (unpaired) electrons. The van der Waals surface area contributed by atoms with Crippen LogP contribution < -0.4 is 5.32 Å². The predicted octanol–water partition coefficient (Wildman–Crippen LogP) is 2.94. The number of methoxy groups -OCH3 is 1. The molecule has 1 N–H and O–H groups in total. The maximum absolute atomic E-state index is 13.0. The molecule has 5 nitrogen and oxygen atoms in total. The van der Waals surface area contributed by atoms with Gasteiger partial charge in [-0.2, -0.15) is 5.26 Å². The second-order valence-corrected chi connectivity index (χ2v) is 8.15. The van der Waals surface area contributed by atoms with Crippen LogP contribution in [0.25, 0.3) is 0 Å². The lowest BCUT2D eigenvalue weighted by atomic mass is 9.49. The number of unbranched alkanes of at least 4 members (excludes halogenated alkanes) is 2. The van der Waals surface area contributed by atoms with E-state index in [1.165, 1.54) is 26.4 Å². The van der Waals surface area contributed by atoms with E-state index in [2.05, 4.69) is 11.4 Å². The van der Waals surface area contributed by atoms with E-state index in [1.54, 1.807) is 0 Å². The normalized spacial score (nSPS) is 34.4. The molecule has 0 spiro atoms. The van der Waals surface area contributed by atoms with Crippen LogP contribution in [-0.2, 0) is 14.3 Å². The van der Waals surface area contributed by atoms with Crippen LogP contribution in [0.3, 0.4) is 0 Å². The highest BCUT2D eigenvalue weighted by Gasteiger charge is 2.54. The van der Waals surface area contributed by atoms with Gasteiger partial charge < -0.3 is 10.1 Å². The van der Waals surface area contributed by atoms with Gasteiger partial charge in [0.25, 0.3) is 0 Å². The summed E-state index contributed by atoms with van der Waals surface area (Å²) >= 11 is 0. The van der Waals surface area contributed by atoms with Crippen LogP contribution in [-0.4, -0.2) is 25.0 Å². The fourth-order valence-corrected chi connectivity index (χ4v) is 5.64. The summed E-state index contributed by atoms with van der Waals surface area (Å²) in [6.45, 7) is 0. The molecule has 1 atom stereocenters. The van der Waals surface area contributed by atoms with E-state index < -0.39 is 6.04 Å². The van der Waals surface area contributed by atoms with E-state index >= 15 is 0 Å². The van der Waals surface area contributed by atoms with Gasteiger partial charge in [0, 0.05) is 11.8 Å². The number of rotatable bonds is 7. The lowest BCUT2D eigenvalue weighted by molar-refractivity contribution is -0.153. The van der Waals surface area contributed by atoms with Gasteiger partial charge in [0.05, 0.1) is 13.2 Å². The first-order chi connectivity index (χ1) is 11.6. The number of hydrogen-bond donors (Lipinski definition) is 1. The van der Waals surface area contributed by atoms with Crippen LogP contribution in [0.1, 0.15) is 64.2 Å². The third kappa shape index (κ3) is 3.43. The SMILES string of the molecule is COC(=O)[C@@H](CCCCC#N)NC(=O)C12CC3CC(CC(C3)C1)C2. The third-order valence-electron chi connectivity index (χ3n) is 6.34. The van der Waals surface area contributed by atoms with Crippen molar-refractivity contribution >= 4 is 11.9 Å². The maximum atomic E-state index is 13.0. The van der Waals surface area contributed by atoms with E-state index in [0.29, 0.717) is 30.6 Å². The van der Waals surface area contributed by atoms with Gasteiger partial charge in [0.1, 0.15) is 6.04 Å². The molecular formula is C19H28N2O3. The van der Waals surface area contributed by atoms with Gasteiger partial charge in [0.15, 0.2) is 0 Å². The second-order valence-electron chi connectivity index (χ2n) is 8.15. The molecule has 4 aliphatic rings. The van der Waals surface area contributed by atoms with Crippen LogP contribution in [0.5, 0.6) is 0 Å². The van der Waals surface area contributed by atoms with Gasteiger partial charge in [0.2, 0.25) is 5.91 Å². The summed E-state index contributed by atoms with van der Waals surface area (Å²) in [5, 5.41) is 11.6. The lowest BCUT2D eigenvalue weighted by Crippen LogP contribution is -2.56. The van der Waals surface area contributed by atoms with Crippen molar-refractivity contribution in [1.29, 1.82) is 5.26 Å². The van der Waals surface area contributed by atoms with Crippen molar-refractivity contribution in [3.63, 3.8) is 0 Å². The van der Waals surface area contributed by atoms with Crippen molar-refractivity contribution in [3.8, 4) is 6.07 Å². The molecule has 24 heavy (non-hydrogen) atoms. The van der Waals surface area contributed by atoms with E-state index in [-0.39, 0.29) is 17.3 Å². The Morgan fingerprint density at radius 1 is 1.17 bits per heavy atom. The lowest BCUT2D eigenvalue weighted by Gasteiger charge is -2.55. The van der Waals surface area contributed by atoms with Crippen molar-refractivity contribution in [1.82, 2.24) is 5.32 Å². The molecule has 132 valence electrons. The molecule has 4 aliphatic carbocycles. The number of ether oxygens (including phenoxy) is 1. The van der Waals surface area contributed by atoms with E-state index in [0.717, 1.165) is 32.1 Å². The molecule has 0 heterocycles.